The molecule has 19 nitrogen and oxygen atoms in total. The molecular weight excluding hydrogens is 844 g/mol. The second-order valence-electron chi connectivity index (χ2n) is 21.5. The molecule has 0 aromatic carbocycles. The van der Waals surface area contributed by atoms with Crippen molar-refractivity contribution in [2.75, 3.05) is 26.4 Å². The molecule has 0 spiro atoms. The van der Waals surface area contributed by atoms with E-state index in [-0.39, 0.29) is 47.4 Å². The summed E-state index contributed by atoms with van der Waals surface area (Å²) in [5.41, 5.74) is 0.0896. The fourth-order valence-corrected chi connectivity index (χ4v) is 14.2. The maximum atomic E-state index is 12.0. The van der Waals surface area contributed by atoms with Gasteiger partial charge in [0.25, 0.3) is 0 Å². The van der Waals surface area contributed by atoms with Gasteiger partial charge in [0.1, 0.15) is 73.2 Å². The molecule has 4 aliphatic heterocycles. The van der Waals surface area contributed by atoms with E-state index in [4.69, 9.17) is 33.2 Å². The Kier molecular flexibility index (Phi) is 14.9. The number of aliphatic hydroxyl groups excluding tert-OH is 11. The van der Waals surface area contributed by atoms with E-state index in [1.165, 1.54) is 0 Å². The van der Waals surface area contributed by atoms with Crippen LogP contribution < -0.4 is 0 Å². The average Bonchev–Trinajstić information content (AvgIpc) is 3.72. The first kappa shape index (κ1) is 49.7. The second kappa shape index (κ2) is 19.2. The minimum absolute atomic E-state index is 0.0139. The van der Waals surface area contributed by atoms with E-state index in [1.54, 1.807) is 0 Å². The molecule has 0 aromatic heterocycles. The number of aliphatic hydroxyl groups is 12. The minimum Gasteiger partial charge on any atom is -0.394 e. The topological polar surface area (TPSA) is 307 Å². The predicted molar refractivity (Wildman–Crippen MR) is 219 cm³/mol. The van der Waals surface area contributed by atoms with Crippen LogP contribution in [-0.2, 0) is 33.2 Å². The Labute approximate surface area is 374 Å². The van der Waals surface area contributed by atoms with Crippen molar-refractivity contribution in [3.05, 3.63) is 0 Å². The van der Waals surface area contributed by atoms with Gasteiger partial charge in [0.05, 0.1) is 38.6 Å². The van der Waals surface area contributed by atoms with Crippen LogP contribution in [0.1, 0.15) is 91.9 Å². The molecule has 64 heavy (non-hydrogen) atoms. The van der Waals surface area contributed by atoms with Crippen LogP contribution in [0.25, 0.3) is 0 Å². The molecule has 9 unspecified atom stereocenters. The summed E-state index contributed by atoms with van der Waals surface area (Å²) in [4.78, 5) is 0. The molecule has 4 saturated heterocycles. The first-order valence-electron chi connectivity index (χ1n) is 23.9. The summed E-state index contributed by atoms with van der Waals surface area (Å²) < 4.78 is 41.5. The zero-order valence-electron chi connectivity index (χ0n) is 37.5. The minimum atomic E-state index is -1.75. The van der Waals surface area contributed by atoms with E-state index >= 15 is 0 Å². The van der Waals surface area contributed by atoms with E-state index in [9.17, 15) is 61.3 Å². The van der Waals surface area contributed by atoms with Gasteiger partial charge in [-0.1, -0.05) is 27.7 Å². The molecule has 4 heterocycles. The summed E-state index contributed by atoms with van der Waals surface area (Å²) in [6, 6.07) is 0. The number of hydrogen-bond acceptors (Lipinski definition) is 19. The molecule has 0 bridgehead atoms. The Bertz CT molecular complexity index is 1560. The number of rotatable bonds is 13. The summed E-state index contributed by atoms with van der Waals surface area (Å²) in [5.74, 6) is 0.654. The van der Waals surface area contributed by atoms with Crippen molar-refractivity contribution >= 4 is 0 Å². The Morgan fingerprint density at radius 1 is 0.625 bits per heavy atom. The third-order valence-corrected chi connectivity index (χ3v) is 18.0. The molecule has 8 fully saturated rings. The van der Waals surface area contributed by atoms with E-state index < -0.39 is 118 Å². The fraction of sp³-hybridized carbons (Fsp3) is 1.00. The quantitative estimate of drug-likeness (QED) is 0.0909. The van der Waals surface area contributed by atoms with E-state index in [2.05, 4.69) is 20.8 Å². The average molecular weight is 921 g/mol. The molecule has 8 aliphatic rings. The highest BCUT2D eigenvalue weighted by Gasteiger charge is 2.68. The molecular formula is C45H76O19. The van der Waals surface area contributed by atoms with E-state index in [0.717, 1.165) is 51.4 Å². The van der Waals surface area contributed by atoms with Gasteiger partial charge < -0.3 is 94.4 Å². The van der Waals surface area contributed by atoms with Gasteiger partial charge in [-0.05, 0) is 104 Å². The third-order valence-electron chi connectivity index (χ3n) is 18.0. The third kappa shape index (κ3) is 8.65. The van der Waals surface area contributed by atoms with Crippen molar-refractivity contribution < 1.29 is 94.4 Å². The fourth-order valence-electron chi connectivity index (χ4n) is 14.2. The van der Waals surface area contributed by atoms with Crippen molar-refractivity contribution in [2.24, 2.45) is 52.3 Å². The second-order valence-corrected chi connectivity index (χ2v) is 21.5. The maximum Gasteiger partial charge on any atom is 0.187 e. The first-order chi connectivity index (χ1) is 30.3. The van der Waals surface area contributed by atoms with Crippen molar-refractivity contribution in [3.8, 4) is 0 Å². The summed E-state index contributed by atoms with van der Waals surface area (Å²) in [6.45, 7) is 7.28. The Morgan fingerprint density at radius 3 is 1.86 bits per heavy atom. The molecule has 370 valence electrons. The van der Waals surface area contributed by atoms with Crippen molar-refractivity contribution in [2.45, 2.75) is 202 Å². The maximum absolute atomic E-state index is 12.0. The standard InChI is InChI=1S/C45H76O19/c1-19(18-58-40-36(54)33(51)31(49)27(15-46)60-40)7-12-45(57)20(2)30-26(64-45)14-25-23-6-5-21-13-22(8-10-43(21,3)24(23)9-11-44(25,30)4)59-41-38(56)35(53)39(29(17-48)62-41)63-42-37(55)34(52)32(50)28(16-47)61-42/h19-42,46-57H,5-18H2,1-4H3/t19-,20+,21?,22?,23?,24?,25?,26?,27-,28-,29-,30?,31-,32-,33+,34+,35-,36-,37-,38-,39-,40-,41-,42-,43?,44?,45-/m1/s1. The van der Waals surface area contributed by atoms with E-state index in [0.29, 0.717) is 36.5 Å². The van der Waals surface area contributed by atoms with Crippen LogP contribution in [0, 0.1) is 52.3 Å². The van der Waals surface area contributed by atoms with Crippen LogP contribution in [0.4, 0.5) is 0 Å². The summed E-state index contributed by atoms with van der Waals surface area (Å²) >= 11 is 0. The molecule has 19 heteroatoms. The highest BCUT2D eigenvalue weighted by molar-refractivity contribution is 5.15. The Morgan fingerprint density at radius 2 is 1.20 bits per heavy atom. The molecule has 12 N–H and O–H groups in total. The predicted octanol–water partition coefficient (Wildman–Crippen LogP) is -1.78. The Hall–Kier alpha value is -0.760. The number of fused-ring (bicyclic) bond motifs is 7. The summed E-state index contributed by atoms with van der Waals surface area (Å²) in [7, 11) is 0. The van der Waals surface area contributed by atoms with Gasteiger partial charge >= 0.3 is 0 Å². The number of ether oxygens (including phenoxy) is 7. The Balaban J connectivity index is 0.836. The highest BCUT2D eigenvalue weighted by atomic mass is 16.7. The summed E-state index contributed by atoms with van der Waals surface area (Å²) in [6.07, 6.45) is -13.5. The van der Waals surface area contributed by atoms with Crippen LogP contribution in [-0.4, -0.2) is 198 Å². The van der Waals surface area contributed by atoms with Crippen molar-refractivity contribution in [3.63, 3.8) is 0 Å². The van der Waals surface area contributed by atoms with Crippen molar-refractivity contribution in [1.29, 1.82) is 0 Å². The lowest BCUT2D eigenvalue weighted by Gasteiger charge is -2.61. The molecule has 8 rings (SSSR count). The highest BCUT2D eigenvalue weighted by Crippen LogP contribution is 2.71. The molecule has 0 amide bonds. The van der Waals surface area contributed by atoms with Gasteiger partial charge in [0, 0.05) is 12.3 Å². The van der Waals surface area contributed by atoms with Gasteiger partial charge in [-0.3, -0.25) is 0 Å². The lowest BCUT2D eigenvalue weighted by Crippen LogP contribution is -2.65. The first-order valence-corrected chi connectivity index (χ1v) is 23.9. The van der Waals surface area contributed by atoms with Gasteiger partial charge in [-0.15, -0.1) is 0 Å². The van der Waals surface area contributed by atoms with Gasteiger partial charge in [-0.2, -0.15) is 0 Å². The lowest BCUT2D eigenvalue weighted by atomic mass is 9.44. The molecule has 4 aliphatic carbocycles. The normalized spacial score (nSPS) is 55.6. The summed E-state index contributed by atoms with van der Waals surface area (Å²) in [5, 5.41) is 125. The molecule has 0 aromatic rings. The van der Waals surface area contributed by atoms with Crippen LogP contribution in [0.3, 0.4) is 0 Å². The lowest BCUT2D eigenvalue weighted by molar-refractivity contribution is -0.364. The molecule has 27 atom stereocenters. The monoisotopic (exact) mass is 920 g/mol. The zero-order chi connectivity index (χ0) is 46.2. The van der Waals surface area contributed by atoms with Gasteiger partial charge in [-0.25, -0.2) is 0 Å². The van der Waals surface area contributed by atoms with Crippen LogP contribution >= 0.6 is 0 Å². The largest absolute Gasteiger partial charge is 0.394 e. The van der Waals surface area contributed by atoms with Gasteiger partial charge in [0.15, 0.2) is 24.7 Å². The van der Waals surface area contributed by atoms with Crippen molar-refractivity contribution in [1.82, 2.24) is 0 Å². The molecule has 0 radical (unpaired) electrons. The van der Waals surface area contributed by atoms with Crippen LogP contribution in [0.5, 0.6) is 0 Å². The van der Waals surface area contributed by atoms with Crippen LogP contribution in [0.2, 0.25) is 0 Å². The number of hydrogen-bond donors (Lipinski definition) is 12. The SMILES string of the molecule is C[C@H](CC[C@@]1(O)OC2CC3C4CCC5CC(O[C@@H]6O[C@H](CO)[C@@H](O[C@H]7O[C@H](CO)[C@@H](O)[C@H](O)[C@H]7O)[C@H](O)[C@H]6O)CCC5(C)C4CCC3(C)C2[C@@H]1C)CO[C@@H]1O[C@H](CO)[C@@H](O)[C@H](O)[C@H]1O. The van der Waals surface area contributed by atoms with Crippen LogP contribution in [0.15, 0.2) is 0 Å². The van der Waals surface area contributed by atoms with Gasteiger partial charge in [0.2, 0.25) is 0 Å². The van der Waals surface area contributed by atoms with E-state index in [1.807, 2.05) is 6.92 Å². The zero-order valence-corrected chi connectivity index (χ0v) is 37.5. The smallest absolute Gasteiger partial charge is 0.187 e. The molecule has 4 saturated carbocycles.